The number of para-hydroxylation sites is 4. The Balaban J connectivity index is 1.06. The van der Waals surface area contributed by atoms with E-state index in [0.29, 0.717) is 0 Å². The Morgan fingerprint density at radius 2 is 1.14 bits per heavy atom. The molecule has 2 aliphatic rings. The zero-order chi connectivity index (χ0) is 51.6. The summed E-state index contributed by atoms with van der Waals surface area (Å²) in [6.07, 6.45) is 6.07. The van der Waals surface area contributed by atoms with E-state index in [1.807, 2.05) is 6.20 Å². The molecule has 9 aromatic carbocycles. The lowest BCUT2D eigenvalue weighted by molar-refractivity contribution is -0.571. The second kappa shape index (κ2) is 17.2. The van der Waals surface area contributed by atoms with Gasteiger partial charge in [-0.15, -0.1) is 0 Å². The zero-order valence-electron chi connectivity index (χ0n) is 44.0. The number of hydrogen-bond donors (Lipinski definition) is 0. The van der Waals surface area contributed by atoms with Crippen molar-refractivity contribution in [2.75, 3.05) is 9.62 Å². The van der Waals surface area contributed by atoms with E-state index in [4.69, 9.17) is 4.98 Å². The normalized spacial score (nSPS) is 13.8. The third-order valence-corrected chi connectivity index (χ3v) is 19.9. The summed E-state index contributed by atoms with van der Waals surface area (Å²) in [6, 6.07) is 78.5. The first-order valence-corrected chi connectivity index (χ1v) is 29.6. The van der Waals surface area contributed by atoms with Crippen LogP contribution < -0.4 is 30.0 Å². The molecular formula is C68H57BN6Si. The van der Waals surface area contributed by atoms with Crippen LogP contribution in [0.3, 0.4) is 0 Å². The Bertz CT molecular complexity index is 4210. The summed E-state index contributed by atoms with van der Waals surface area (Å²) in [5.41, 5.74) is 21.1. The fourth-order valence-corrected chi connectivity index (χ4v) is 15.6. The highest BCUT2D eigenvalue weighted by Gasteiger charge is 2.46. The molecule has 6 nitrogen and oxygen atoms in total. The van der Waals surface area contributed by atoms with Crippen molar-refractivity contribution in [1.82, 2.24) is 14.1 Å². The first kappa shape index (κ1) is 45.9. The number of aryl methyl sites for hydroxylation is 2. The van der Waals surface area contributed by atoms with Gasteiger partial charge >= 0.3 is 6.98 Å². The molecule has 3 aromatic heterocycles. The fraction of sp³-hybridized carbons (Fsp3) is 0.118. The van der Waals surface area contributed by atoms with Gasteiger partial charge in [0, 0.05) is 28.3 Å². The first-order valence-electron chi connectivity index (χ1n) is 26.6. The third kappa shape index (κ3) is 6.93. The Morgan fingerprint density at radius 3 is 1.84 bits per heavy atom. The summed E-state index contributed by atoms with van der Waals surface area (Å²) in [5.74, 6) is 0.915. The first-order chi connectivity index (χ1) is 37.0. The van der Waals surface area contributed by atoms with Crippen molar-refractivity contribution in [3.63, 3.8) is 0 Å². The van der Waals surface area contributed by atoms with Gasteiger partial charge < -0.3 is 9.62 Å². The standard InChI is InChI=1S/C68H57BN6Si/c1-45-22-19-23-46(2)65(45)69-74(50-28-15-10-16-29-50)59-42-55-54-30-17-18-33-56(54)73(64-40-49(38-39-70-64)68(3,4)5)58(55)43-60(59)75(69)51-36-37-62-61(41-51)72-44-71(57-34-21-35-63(67(57)72)76(62,6)7)66-52(47-24-11-8-12-25-47)31-20-32-53(66)48-26-13-9-14-27-48/h8-43H,1-7H3. The molecule has 8 heteroatoms. The van der Waals surface area contributed by atoms with Crippen molar-refractivity contribution in [1.29, 1.82) is 0 Å². The van der Waals surface area contributed by atoms with Crippen molar-refractivity contribution in [2.45, 2.75) is 53.1 Å². The number of rotatable bonds is 7. The summed E-state index contributed by atoms with van der Waals surface area (Å²) in [7, 11) is -2.32. The van der Waals surface area contributed by atoms with Crippen molar-refractivity contribution in [2.24, 2.45) is 0 Å². The second-order valence-corrected chi connectivity index (χ2v) is 26.6. The van der Waals surface area contributed by atoms with E-state index in [1.54, 1.807) is 0 Å². The summed E-state index contributed by atoms with van der Waals surface area (Å²) < 4.78 is 7.14. The molecule has 0 radical (unpaired) electrons. The summed E-state index contributed by atoms with van der Waals surface area (Å²) in [4.78, 5) is 10.3. The molecule has 12 aromatic rings. The van der Waals surface area contributed by atoms with Gasteiger partial charge in [-0.2, -0.15) is 0 Å². The number of nitrogens with zero attached hydrogens (tertiary/aromatic N) is 6. The maximum atomic E-state index is 5.12. The van der Waals surface area contributed by atoms with Crippen LogP contribution in [-0.4, -0.2) is 29.2 Å². The van der Waals surface area contributed by atoms with E-state index in [-0.39, 0.29) is 12.4 Å². The molecule has 0 atom stereocenters. The number of hydrogen-bond acceptors (Lipinski definition) is 3. The molecular weight excluding hydrogens is 940 g/mol. The van der Waals surface area contributed by atoms with E-state index >= 15 is 0 Å². The topological polar surface area (TPSA) is 33.1 Å². The SMILES string of the molecule is Cc1cccc(C)c1B1N(c2ccccc2)c2cc3c4ccccc4n(-c4cc(C(C)(C)C)ccn4)c3cc2N1c1ccc2c(c1)-n1[c-][n+](-c3c(-c4ccccc4)cccc3-c3ccccc3)c3cccc(c31)[Si]2(C)C. The molecule has 5 heterocycles. The fourth-order valence-electron chi connectivity index (χ4n) is 12.7. The van der Waals surface area contributed by atoms with Crippen LogP contribution in [0.5, 0.6) is 0 Å². The molecule has 0 spiro atoms. The second-order valence-electron chi connectivity index (χ2n) is 22.3. The van der Waals surface area contributed by atoms with E-state index in [9.17, 15) is 0 Å². The van der Waals surface area contributed by atoms with Gasteiger partial charge in [0.25, 0.3) is 6.33 Å². The molecule has 0 saturated heterocycles. The highest BCUT2D eigenvalue weighted by molar-refractivity contribution is 7.02. The monoisotopic (exact) mass is 996 g/mol. The van der Waals surface area contributed by atoms with Gasteiger partial charge in [-0.05, 0) is 118 Å². The van der Waals surface area contributed by atoms with Gasteiger partial charge in [-0.1, -0.05) is 203 Å². The van der Waals surface area contributed by atoms with Crippen LogP contribution in [0, 0.1) is 20.2 Å². The van der Waals surface area contributed by atoms with Gasteiger partial charge in [0.05, 0.1) is 44.8 Å². The highest BCUT2D eigenvalue weighted by atomic mass is 28.3. The average molecular weight is 997 g/mol. The molecule has 2 aliphatic heterocycles. The number of pyridine rings is 1. The van der Waals surface area contributed by atoms with Crippen LogP contribution in [-0.2, 0) is 5.41 Å². The predicted molar refractivity (Wildman–Crippen MR) is 321 cm³/mol. The molecule has 0 saturated carbocycles. The Labute approximate surface area is 446 Å². The Morgan fingerprint density at radius 1 is 0.526 bits per heavy atom. The van der Waals surface area contributed by atoms with Gasteiger partial charge in [0.2, 0.25) is 0 Å². The van der Waals surface area contributed by atoms with E-state index in [2.05, 4.69) is 290 Å². The van der Waals surface area contributed by atoms with Crippen molar-refractivity contribution in [3.05, 3.63) is 242 Å². The van der Waals surface area contributed by atoms with E-state index < -0.39 is 8.07 Å². The molecule has 0 bridgehead atoms. The number of benzene rings is 9. The van der Waals surface area contributed by atoms with Gasteiger partial charge in [0.1, 0.15) is 13.9 Å². The molecule has 0 fully saturated rings. The lowest BCUT2D eigenvalue weighted by Gasteiger charge is -2.35. The molecule has 0 aliphatic carbocycles. The smallest absolute Gasteiger partial charge is 0.360 e. The van der Waals surface area contributed by atoms with E-state index in [0.717, 1.165) is 61.9 Å². The molecule has 366 valence electrons. The van der Waals surface area contributed by atoms with Crippen molar-refractivity contribution in [3.8, 4) is 39.4 Å². The molecule has 0 unspecified atom stereocenters. The lowest BCUT2D eigenvalue weighted by atomic mass is 9.61. The summed E-state index contributed by atoms with van der Waals surface area (Å²) in [5, 5.41) is 5.18. The minimum absolute atomic E-state index is 0.0504. The summed E-state index contributed by atoms with van der Waals surface area (Å²) in [6.45, 7) is 16.2. The van der Waals surface area contributed by atoms with Crippen LogP contribution >= 0.6 is 0 Å². The Hall–Kier alpha value is -8.72. The third-order valence-electron chi connectivity index (χ3n) is 16.4. The summed E-state index contributed by atoms with van der Waals surface area (Å²) >= 11 is 0. The lowest BCUT2D eigenvalue weighted by Crippen LogP contribution is -2.57. The quantitative estimate of drug-likeness (QED) is 0.0906. The number of imidazole rings is 1. The minimum atomic E-state index is -2.32. The van der Waals surface area contributed by atoms with E-state index in [1.165, 1.54) is 65.6 Å². The molecule has 0 amide bonds. The molecule has 14 rings (SSSR count). The van der Waals surface area contributed by atoms with Crippen LogP contribution in [0.15, 0.2) is 219 Å². The van der Waals surface area contributed by atoms with Gasteiger partial charge in [-0.25, -0.2) is 4.98 Å². The minimum Gasteiger partial charge on any atom is -0.360 e. The maximum Gasteiger partial charge on any atom is 0.421 e. The highest BCUT2D eigenvalue weighted by Crippen LogP contribution is 2.50. The van der Waals surface area contributed by atoms with Gasteiger partial charge in [-0.3, -0.25) is 13.7 Å². The largest absolute Gasteiger partial charge is 0.421 e. The maximum absolute atomic E-state index is 5.12. The molecule has 0 N–H and O–H groups in total. The van der Waals surface area contributed by atoms with Crippen molar-refractivity contribution >= 4 is 86.5 Å². The average Bonchev–Trinajstić information content (AvgIpc) is 4.31. The van der Waals surface area contributed by atoms with Crippen LogP contribution in [0.4, 0.5) is 22.7 Å². The van der Waals surface area contributed by atoms with Crippen LogP contribution in [0.25, 0.3) is 72.3 Å². The Kier molecular flexibility index (Phi) is 10.4. The number of fused-ring (bicyclic) bond motifs is 6. The van der Waals surface area contributed by atoms with Crippen LogP contribution in [0.1, 0.15) is 37.5 Å². The van der Waals surface area contributed by atoms with Gasteiger partial charge in [0.15, 0.2) is 0 Å². The number of anilines is 4. The van der Waals surface area contributed by atoms with Crippen LogP contribution in [0.2, 0.25) is 13.1 Å². The predicted octanol–water partition coefficient (Wildman–Crippen LogP) is 14.3. The number of aromatic nitrogens is 4. The zero-order valence-corrected chi connectivity index (χ0v) is 45.0. The molecule has 76 heavy (non-hydrogen) atoms. The van der Waals surface area contributed by atoms with Crippen molar-refractivity contribution < 1.29 is 4.57 Å².